The minimum atomic E-state index is -0.411. The van der Waals surface area contributed by atoms with Gasteiger partial charge in [-0.15, -0.1) is 0 Å². The fourth-order valence-corrected chi connectivity index (χ4v) is 4.26. The summed E-state index contributed by atoms with van der Waals surface area (Å²) in [4.78, 5) is 40.1. The van der Waals surface area contributed by atoms with Crippen molar-refractivity contribution >= 4 is 34.8 Å². The Labute approximate surface area is 229 Å². The standard InChI is InChI=1S/C33H33N3O3/c1-19-10-7-13-28(22(19)4)34-31(37)25-16-26(32(38)35-29-14-8-11-20(2)23(29)5)18-27(17-25)33(39)36-30-15-9-12-21(3)24(30)6/h7-18H,1-6H3,(H,34,37)(H,35,38)(H,36,39). The highest BCUT2D eigenvalue weighted by Crippen LogP contribution is 2.23. The Morgan fingerprint density at radius 3 is 0.949 bits per heavy atom. The minimum absolute atomic E-state index is 0.204. The van der Waals surface area contributed by atoms with Gasteiger partial charge in [0.05, 0.1) is 0 Å². The zero-order chi connectivity index (χ0) is 28.3. The molecule has 4 aromatic rings. The van der Waals surface area contributed by atoms with Gasteiger partial charge >= 0.3 is 0 Å². The summed E-state index contributed by atoms with van der Waals surface area (Å²) in [5.74, 6) is -1.23. The first-order valence-electron chi connectivity index (χ1n) is 12.8. The maximum atomic E-state index is 13.4. The summed E-state index contributed by atoms with van der Waals surface area (Å²) >= 11 is 0. The van der Waals surface area contributed by atoms with Crippen LogP contribution in [0.15, 0.2) is 72.8 Å². The van der Waals surface area contributed by atoms with Crippen molar-refractivity contribution < 1.29 is 14.4 Å². The van der Waals surface area contributed by atoms with Crippen LogP contribution in [0.3, 0.4) is 0 Å². The fraction of sp³-hybridized carbons (Fsp3) is 0.182. The molecule has 0 fully saturated rings. The van der Waals surface area contributed by atoms with Crippen molar-refractivity contribution in [3.05, 3.63) is 123 Å². The van der Waals surface area contributed by atoms with Gasteiger partial charge in [-0.1, -0.05) is 36.4 Å². The molecule has 0 radical (unpaired) electrons. The molecule has 6 heteroatoms. The lowest BCUT2D eigenvalue weighted by atomic mass is 10.0. The number of nitrogens with one attached hydrogen (secondary N) is 3. The molecule has 0 aliphatic rings. The smallest absolute Gasteiger partial charge is 0.255 e. The highest BCUT2D eigenvalue weighted by molar-refractivity contribution is 6.13. The van der Waals surface area contributed by atoms with Gasteiger partial charge in [-0.25, -0.2) is 0 Å². The van der Waals surface area contributed by atoms with Crippen LogP contribution >= 0.6 is 0 Å². The average molecular weight is 520 g/mol. The van der Waals surface area contributed by atoms with Gasteiger partial charge in [-0.3, -0.25) is 14.4 Å². The Morgan fingerprint density at radius 1 is 0.436 bits per heavy atom. The molecule has 6 nitrogen and oxygen atoms in total. The van der Waals surface area contributed by atoms with E-state index >= 15 is 0 Å². The van der Waals surface area contributed by atoms with Crippen molar-refractivity contribution in [3.8, 4) is 0 Å². The number of carbonyl (C=O) groups excluding carboxylic acids is 3. The zero-order valence-electron chi connectivity index (χ0n) is 23.2. The largest absolute Gasteiger partial charge is 0.322 e. The van der Waals surface area contributed by atoms with Gasteiger partial charge in [-0.2, -0.15) is 0 Å². The summed E-state index contributed by atoms with van der Waals surface area (Å²) in [5, 5.41) is 8.79. The number of hydrogen-bond donors (Lipinski definition) is 3. The molecule has 0 unspecified atom stereocenters. The molecule has 0 bridgehead atoms. The summed E-state index contributed by atoms with van der Waals surface area (Å²) in [6.45, 7) is 11.7. The Balaban J connectivity index is 1.72. The predicted molar refractivity (Wildman–Crippen MR) is 158 cm³/mol. The van der Waals surface area contributed by atoms with Crippen LogP contribution < -0.4 is 16.0 Å². The Bertz CT molecular complexity index is 1400. The Hall–Kier alpha value is -4.71. The topological polar surface area (TPSA) is 87.3 Å². The number of amides is 3. The normalized spacial score (nSPS) is 10.6. The van der Waals surface area contributed by atoms with E-state index in [4.69, 9.17) is 0 Å². The van der Waals surface area contributed by atoms with Crippen molar-refractivity contribution in [3.63, 3.8) is 0 Å². The molecule has 0 saturated carbocycles. The summed E-state index contributed by atoms with van der Waals surface area (Å²) in [7, 11) is 0. The quantitative estimate of drug-likeness (QED) is 0.250. The fourth-order valence-electron chi connectivity index (χ4n) is 4.26. The molecule has 0 spiro atoms. The van der Waals surface area contributed by atoms with Crippen LogP contribution in [0.25, 0.3) is 0 Å². The SMILES string of the molecule is Cc1cccc(NC(=O)c2cc(C(=O)Nc3cccc(C)c3C)cc(C(=O)Nc3cccc(C)c3C)c2)c1C. The molecule has 198 valence electrons. The van der Waals surface area contributed by atoms with Crippen LogP contribution in [-0.2, 0) is 0 Å². The van der Waals surface area contributed by atoms with Gasteiger partial charge in [0.2, 0.25) is 0 Å². The molecule has 0 aliphatic heterocycles. The molecule has 4 rings (SSSR count). The van der Waals surface area contributed by atoms with E-state index in [-0.39, 0.29) is 16.7 Å². The molecular weight excluding hydrogens is 486 g/mol. The van der Waals surface area contributed by atoms with Crippen molar-refractivity contribution in [2.75, 3.05) is 16.0 Å². The number of carbonyl (C=O) groups is 3. The number of rotatable bonds is 6. The third-order valence-corrected chi connectivity index (χ3v) is 7.28. The van der Waals surface area contributed by atoms with E-state index in [2.05, 4.69) is 16.0 Å². The van der Waals surface area contributed by atoms with Gasteiger partial charge in [0.1, 0.15) is 0 Å². The van der Waals surface area contributed by atoms with E-state index in [1.54, 1.807) is 0 Å². The first kappa shape index (κ1) is 27.3. The molecular formula is C33H33N3O3. The van der Waals surface area contributed by atoms with Gasteiger partial charge in [0, 0.05) is 33.8 Å². The van der Waals surface area contributed by atoms with Gasteiger partial charge in [0.25, 0.3) is 17.7 Å². The summed E-state index contributed by atoms with van der Waals surface area (Å²) in [6.07, 6.45) is 0. The maximum Gasteiger partial charge on any atom is 0.255 e. The number of anilines is 3. The van der Waals surface area contributed by atoms with E-state index in [9.17, 15) is 14.4 Å². The molecule has 39 heavy (non-hydrogen) atoms. The molecule has 0 saturated heterocycles. The highest BCUT2D eigenvalue weighted by Gasteiger charge is 2.19. The van der Waals surface area contributed by atoms with Crippen LogP contribution in [0.1, 0.15) is 64.5 Å². The third kappa shape index (κ3) is 6.07. The third-order valence-electron chi connectivity index (χ3n) is 7.28. The highest BCUT2D eigenvalue weighted by atomic mass is 16.2. The second kappa shape index (κ2) is 11.4. The number of benzene rings is 4. The molecule has 3 N–H and O–H groups in total. The van der Waals surface area contributed by atoms with Crippen LogP contribution in [0.2, 0.25) is 0 Å². The lowest BCUT2D eigenvalue weighted by molar-refractivity contribution is 0.102. The Kier molecular flexibility index (Phi) is 7.96. The predicted octanol–water partition coefficient (Wildman–Crippen LogP) is 7.29. The van der Waals surface area contributed by atoms with Crippen LogP contribution in [0, 0.1) is 41.5 Å². The average Bonchev–Trinajstić information content (AvgIpc) is 2.91. The monoisotopic (exact) mass is 519 g/mol. The van der Waals surface area contributed by atoms with Crippen LogP contribution in [0.4, 0.5) is 17.1 Å². The summed E-state index contributed by atoms with van der Waals surface area (Å²) in [6, 6.07) is 21.5. The van der Waals surface area contributed by atoms with E-state index < -0.39 is 17.7 Å². The molecule has 0 atom stereocenters. The van der Waals surface area contributed by atoms with Crippen molar-refractivity contribution in [1.82, 2.24) is 0 Å². The second-order valence-electron chi connectivity index (χ2n) is 9.90. The first-order valence-corrected chi connectivity index (χ1v) is 12.8. The van der Waals surface area contributed by atoms with Gasteiger partial charge in [-0.05, 0) is 111 Å². The van der Waals surface area contributed by atoms with E-state index in [1.807, 2.05) is 96.1 Å². The molecule has 3 amide bonds. The zero-order valence-corrected chi connectivity index (χ0v) is 23.2. The van der Waals surface area contributed by atoms with E-state index in [0.717, 1.165) is 33.4 Å². The lowest BCUT2D eigenvalue weighted by Crippen LogP contribution is -2.20. The van der Waals surface area contributed by atoms with E-state index in [0.29, 0.717) is 17.1 Å². The number of aryl methyl sites for hydroxylation is 3. The van der Waals surface area contributed by atoms with Crippen molar-refractivity contribution in [2.24, 2.45) is 0 Å². The summed E-state index contributed by atoms with van der Waals surface area (Å²) in [5.41, 5.74) is 8.61. The van der Waals surface area contributed by atoms with Crippen molar-refractivity contribution in [1.29, 1.82) is 0 Å². The molecule has 0 heterocycles. The molecule has 0 aliphatic carbocycles. The van der Waals surface area contributed by atoms with Crippen molar-refractivity contribution in [2.45, 2.75) is 41.5 Å². The second-order valence-corrected chi connectivity index (χ2v) is 9.90. The first-order chi connectivity index (χ1) is 18.5. The van der Waals surface area contributed by atoms with Gasteiger partial charge < -0.3 is 16.0 Å². The molecule has 0 aromatic heterocycles. The minimum Gasteiger partial charge on any atom is -0.322 e. The van der Waals surface area contributed by atoms with Gasteiger partial charge in [0.15, 0.2) is 0 Å². The summed E-state index contributed by atoms with van der Waals surface area (Å²) < 4.78 is 0. The Morgan fingerprint density at radius 2 is 0.692 bits per heavy atom. The lowest BCUT2D eigenvalue weighted by Gasteiger charge is -2.15. The maximum absolute atomic E-state index is 13.4. The van der Waals surface area contributed by atoms with Crippen LogP contribution in [-0.4, -0.2) is 17.7 Å². The van der Waals surface area contributed by atoms with Crippen LogP contribution in [0.5, 0.6) is 0 Å². The molecule has 4 aromatic carbocycles. The number of hydrogen-bond acceptors (Lipinski definition) is 3. The van der Waals surface area contributed by atoms with E-state index in [1.165, 1.54) is 18.2 Å².